The highest BCUT2D eigenvalue weighted by Gasteiger charge is 2.25. The molecule has 1 N–H and O–H groups in total. The third-order valence-corrected chi connectivity index (χ3v) is 6.34. The number of hydrogen-bond donors (Lipinski definition) is 1. The third kappa shape index (κ3) is 3.78. The topological polar surface area (TPSA) is 64.0 Å². The summed E-state index contributed by atoms with van der Waals surface area (Å²) in [6, 6.07) is 14.4. The van der Waals surface area contributed by atoms with Crippen molar-refractivity contribution in [2.45, 2.75) is 25.3 Å². The number of nitrogens with zero attached hydrogens (tertiary/aromatic N) is 2. The van der Waals surface area contributed by atoms with Crippen LogP contribution in [0.3, 0.4) is 0 Å². The highest BCUT2D eigenvalue weighted by atomic mass is 35.5. The van der Waals surface area contributed by atoms with Crippen LogP contribution in [0.2, 0.25) is 10.0 Å². The first-order valence-corrected chi connectivity index (χ1v) is 10.1. The van der Waals surface area contributed by atoms with E-state index in [0.717, 1.165) is 5.69 Å². The summed E-state index contributed by atoms with van der Waals surface area (Å²) in [6.45, 7) is 3.52. The van der Waals surface area contributed by atoms with E-state index >= 15 is 0 Å². The summed E-state index contributed by atoms with van der Waals surface area (Å²) in [5, 5.41) is 5.19. The zero-order chi connectivity index (χ0) is 18.9. The minimum atomic E-state index is -3.74. The van der Waals surface area contributed by atoms with Crippen LogP contribution in [-0.2, 0) is 16.6 Å². The predicted molar refractivity (Wildman–Crippen MR) is 104 cm³/mol. The molecule has 0 spiro atoms. The van der Waals surface area contributed by atoms with Crippen molar-refractivity contribution in [2.75, 3.05) is 0 Å². The van der Waals surface area contributed by atoms with Crippen LogP contribution in [-0.4, -0.2) is 18.2 Å². The van der Waals surface area contributed by atoms with Gasteiger partial charge in [0.1, 0.15) is 4.90 Å². The Balaban J connectivity index is 1.90. The average Bonchev–Trinajstić information content (AvgIpc) is 2.92. The predicted octanol–water partition coefficient (Wildman–Crippen LogP) is 4.27. The zero-order valence-corrected chi connectivity index (χ0v) is 16.5. The standard InChI is InChI=1S/C18H17Cl2N3O2S/c1-12-18(13(2)23(22-12)15-6-4-3-5-7-15)26(24,25)21-11-14-8-9-16(19)17(20)10-14/h3-10,21H,11H2,1-2H3. The Hall–Kier alpha value is -1.86. The number of halogens is 2. The van der Waals surface area contributed by atoms with E-state index < -0.39 is 10.0 Å². The van der Waals surface area contributed by atoms with Gasteiger partial charge in [0, 0.05) is 6.54 Å². The quantitative estimate of drug-likeness (QED) is 0.683. The third-order valence-electron chi connectivity index (χ3n) is 3.94. The number of sulfonamides is 1. The van der Waals surface area contributed by atoms with Gasteiger partial charge in [-0.3, -0.25) is 0 Å². The largest absolute Gasteiger partial charge is 0.244 e. The Morgan fingerprint density at radius 2 is 1.73 bits per heavy atom. The van der Waals surface area contributed by atoms with Crippen molar-refractivity contribution >= 4 is 33.2 Å². The van der Waals surface area contributed by atoms with Gasteiger partial charge in [0.05, 0.1) is 27.1 Å². The summed E-state index contributed by atoms with van der Waals surface area (Å²) in [4.78, 5) is 0.182. The fourth-order valence-electron chi connectivity index (χ4n) is 2.74. The molecule has 0 saturated carbocycles. The summed E-state index contributed by atoms with van der Waals surface area (Å²) in [5.74, 6) is 0. The number of hydrogen-bond acceptors (Lipinski definition) is 3. The SMILES string of the molecule is Cc1nn(-c2ccccc2)c(C)c1S(=O)(=O)NCc1ccc(Cl)c(Cl)c1. The van der Waals surface area contributed by atoms with E-state index in [2.05, 4.69) is 9.82 Å². The lowest BCUT2D eigenvalue weighted by Crippen LogP contribution is -2.24. The fraction of sp³-hybridized carbons (Fsp3) is 0.167. The monoisotopic (exact) mass is 409 g/mol. The van der Waals surface area contributed by atoms with Crippen LogP contribution in [0.5, 0.6) is 0 Å². The molecule has 0 bridgehead atoms. The lowest BCUT2D eigenvalue weighted by Gasteiger charge is -2.09. The van der Waals surface area contributed by atoms with Gasteiger partial charge >= 0.3 is 0 Å². The number of aromatic nitrogens is 2. The van der Waals surface area contributed by atoms with Crippen LogP contribution in [0.4, 0.5) is 0 Å². The van der Waals surface area contributed by atoms with Crippen molar-refractivity contribution in [1.82, 2.24) is 14.5 Å². The molecule has 26 heavy (non-hydrogen) atoms. The van der Waals surface area contributed by atoms with Crippen LogP contribution in [0.15, 0.2) is 53.4 Å². The maximum Gasteiger partial charge on any atom is 0.244 e. The number of rotatable bonds is 5. The second-order valence-electron chi connectivity index (χ2n) is 5.82. The van der Waals surface area contributed by atoms with Gasteiger partial charge in [-0.15, -0.1) is 0 Å². The van der Waals surface area contributed by atoms with E-state index in [-0.39, 0.29) is 11.4 Å². The van der Waals surface area contributed by atoms with Crippen molar-refractivity contribution < 1.29 is 8.42 Å². The summed E-state index contributed by atoms with van der Waals surface area (Å²) >= 11 is 11.9. The van der Waals surface area contributed by atoms with Gasteiger partial charge < -0.3 is 0 Å². The fourth-order valence-corrected chi connectivity index (χ4v) is 4.46. The van der Waals surface area contributed by atoms with Crippen LogP contribution < -0.4 is 4.72 Å². The van der Waals surface area contributed by atoms with E-state index in [1.165, 1.54) is 0 Å². The molecular weight excluding hydrogens is 393 g/mol. The second-order valence-corrected chi connectivity index (χ2v) is 8.34. The van der Waals surface area contributed by atoms with E-state index in [1.54, 1.807) is 36.7 Å². The van der Waals surface area contributed by atoms with Crippen molar-refractivity contribution in [3.05, 3.63) is 75.5 Å². The second kappa shape index (κ2) is 7.40. The lowest BCUT2D eigenvalue weighted by molar-refractivity contribution is 0.580. The lowest BCUT2D eigenvalue weighted by atomic mass is 10.2. The summed E-state index contributed by atoms with van der Waals surface area (Å²) < 4.78 is 29.9. The van der Waals surface area contributed by atoms with E-state index in [4.69, 9.17) is 23.2 Å². The minimum absolute atomic E-state index is 0.106. The molecule has 1 heterocycles. The molecule has 0 saturated heterocycles. The number of nitrogens with one attached hydrogen (secondary N) is 1. The number of benzene rings is 2. The van der Waals surface area contributed by atoms with Gasteiger partial charge in [-0.25, -0.2) is 17.8 Å². The highest BCUT2D eigenvalue weighted by molar-refractivity contribution is 7.89. The van der Waals surface area contributed by atoms with Crippen LogP contribution in [0.1, 0.15) is 17.0 Å². The molecule has 2 aromatic carbocycles. The molecule has 0 unspecified atom stereocenters. The van der Waals surface area contributed by atoms with Crippen molar-refractivity contribution in [3.63, 3.8) is 0 Å². The van der Waals surface area contributed by atoms with Crippen molar-refractivity contribution in [3.8, 4) is 5.69 Å². The highest BCUT2D eigenvalue weighted by Crippen LogP contribution is 2.24. The van der Waals surface area contributed by atoms with E-state index in [0.29, 0.717) is 27.0 Å². The number of aryl methyl sites for hydroxylation is 1. The Labute approximate surface area is 162 Å². The number of para-hydroxylation sites is 1. The van der Waals surface area contributed by atoms with Crippen LogP contribution in [0.25, 0.3) is 5.69 Å². The molecular formula is C18H17Cl2N3O2S. The summed E-state index contributed by atoms with van der Waals surface area (Å²) in [7, 11) is -3.74. The summed E-state index contributed by atoms with van der Waals surface area (Å²) in [6.07, 6.45) is 0. The Bertz CT molecular complexity index is 1050. The molecule has 0 radical (unpaired) electrons. The van der Waals surface area contributed by atoms with Gasteiger partial charge in [-0.1, -0.05) is 47.5 Å². The zero-order valence-electron chi connectivity index (χ0n) is 14.2. The van der Waals surface area contributed by atoms with Gasteiger partial charge in [0.2, 0.25) is 10.0 Å². The Morgan fingerprint density at radius 3 is 2.38 bits per heavy atom. The summed E-state index contributed by atoms with van der Waals surface area (Å²) in [5.41, 5.74) is 2.51. The van der Waals surface area contributed by atoms with E-state index in [9.17, 15) is 8.42 Å². The maximum atomic E-state index is 12.8. The molecule has 0 aliphatic heterocycles. The molecule has 3 rings (SSSR count). The molecule has 1 aromatic heterocycles. The van der Waals surface area contributed by atoms with Gasteiger partial charge in [0.25, 0.3) is 0 Å². The molecule has 0 atom stereocenters. The maximum absolute atomic E-state index is 12.8. The molecule has 0 aliphatic carbocycles. The molecule has 0 amide bonds. The molecule has 0 aliphatic rings. The van der Waals surface area contributed by atoms with Gasteiger partial charge in [-0.2, -0.15) is 5.10 Å². The molecule has 8 heteroatoms. The molecule has 136 valence electrons. The van der Waals surface area contributed by atoms with Crippen LogP contribution in [0, 0.1) is 13.8 Å². The van der Waals surface area contributed by atoms with Gasteiger partial charge in [-0.05, 0) is 43.7 Å². The molecule has 5 nitrogen and oxygen atoms in total. The smallest absolute Gasteiger partial charge is 0.236 e. The minimum Gasteiger partial charge on any atom is -0.236 e. The Morgan fingerprint density at radius 1 is 1.04 bits per heavy atom. The van der Waals surface area contributed by atoms with E-state index in [1.807, 2.05) is 30.3 Å². The molecule has 0 fully saturated rings. The molecule has 3 aromatic rings. The van der Waals surface area contributed by atoms with Crippen LogP contribution >= 0.6 is 23.2 Å². The van der Waals surface area contributed by atoms with Crippen molar-refractivity contribution in [2.24, 2.45) is 0 Å². The Kier molecular flexibility index (Phi) is 5.39. The first-order chi connectivity index (χ1) is 12.3. The first kappa shape index (κ1) is 18.9. The average molecular weight is 410 g/mol. The van der Waals surface area contributed by atoms with Gasteiger partial charge in [0.15, 0.2) is 0 Å². The van der Waals surface area contributed by atoms with Crippen molar-refractivity contribution in [1.29, 1.82) is 0 Å². The normalized spacial score (nSPS) is 11.7. The first-order valence-electron chi connectivity index (χ1n) is 7.85.